The van der Waals surface area contributed by atoms with E-state index in [9.17, 15) is 0 Å². The van der Waals surface area contributed by atoms with Gasteiger partial charge in [-0.05, 0) is 47.5 Å². The largest absolute Gasteiger partial charge is 0.361 e. The summed E-state index contributed by atoms with van der Waals surface area (Å²) in [4.78, 5) is 7.26. The Labute approximate surface area is 159 Å². The lowest BCUT2D eigenvalue weighted by atomic mass is 10.1. The summed E-state index contributed by atoms with van der Waals surface area (Å²) < 4.78 is 5.43. The van der Waals surface area contributed by atoms with E-state index in [0.29, 0.717) is 18.6 Å². The average molecular weight is 366 g/mol. The molecule has 6 heteroatoms. The zero-order valence-corrected chi connectivity index (χ0v) is 17.9. The molecule has 0 radical (unpaired) electrons. The normalized spacial score (nSPS) is 12.5. The van der Waals surface area contributed by atoms with Gasteiger partial charge in [-0.1, -0.05) is 19.0 Å². The zero-order chi connectivity index (χ0) is 19.5. The fraction of sp³-hybridized carbons (Fsp3) is 0.800. The third-order valence-corrected chi connectivity index (χ3v) is 4.56. The summed E-state index contributed by atoms with van der Waals surface area (Å²) in [5.74, 6) is 1.81. The van der Waals surface area contributed by atoms with Crippen LogP contribution in [0, 0.1) is 0 Å². The van der Waals surface area contributed by atoms with Gasteiger partial charge in [0.05, 0.1) is 12.2 Å². The maximum absolute atomic E-state index is 5.43. The molecule has 0 aliphatic rings. The smallest absolute Gasteiger partial charge is 0.191 e. The maximum Gasteiger partial charge on any atom is 0.191 e. The number of aliphatic imine (C=N–C) groups is 1. The summed E-state index contributed by atoms with van der Waals surface area (Å²) in [5, 5.41) is 10.9. The van der Waals surface area contributed by atoms with Crippen molar-refractivity contribution in [3.63, 3.8) is 0 Å². The highest BCUT2D eigenvalue weighted by Gasteiger charge is 2.14. The first kappa shape index (κ1) is 22.5. The van der Waals surface area contributed by atoms with E-state index in [-0.39, 0.29) is 0 Å². The number of nitrogens with zero attached hydrogens (tertiary/aromatic N) is 3. The van der Waals surface area contributed by atoms with Crippen LogP contribution in [0.4, 0.5) is 0 Å². The minimum absolute atomic E-state index is 0.574. The molecule has 1 rings (SSSR count). The molecule has 0 spiro atoms. The number of nitrogens with one attached hydrogen (secondary N) is 2. The topological polar surface area (TPSA) is 65.7 Å². The van der Waals surface area contributed by atoms with Crippen LogP contribution in [0.15, 0.2) is 9.52 Å². The lowest BCUT2D eigenvalue weighted by molar-refractivity contribution is 0.173. The van der Waals surface area contributed by atoms with Crippen molar-refractivity contribution in [1.29, 1.82) is 0 Å². The average Bonchev–Trinajstić information content (AvgIpc) is 3.00. The van der Waals surface area contributed by atoms with Crippen LogP contribution in [-0.4, -0.2) is 47.7 Å². The van der Waals surface area contributed by atoms with E-state index in [2.05, 4.69) is 69.2 Å². The highest BCUT2D eigenvalue weighted by atomic mass is 16.5. The number of aromatic nitrogens is 1. The summed E-state index contributed by atoms with van der Waals surface area (Å²) in [5.41, 5.74) is 2.16. The SMILES string of the molecule is CCNC(=NCc1c(CC)noc1CC)NCCCN(C(C)C)C(C)C. The number of hydrogen-bond acceptors (Lipinski definition) is 4. The fourth-order valence-corrected chi connectivity index (χ4v) is 3.20. The molecule has 6 nitrogen and oxygen atoms in total. The standard InChI is InChI=1S/C20H39N5O/c1-8-18-17(19(9-2)26-24-18)14-23-20(21-10-3)22-12-11-13-25(15(4)5)16(6)7/h15-16H,8-14H2,1-7H3,(H2,21,22,23). The molecule has 0 saturated heterocycles. The van der Waals surface area contributed by atoms with Crippen molar-refractivity contribution in [3.05, 3.63) is 17.0 Å². The van der Waals surface area contributed by atoms with E-state index in [0.717, 1.165) is 61.9 Å². The van der Waals surface area contributed by atoms with Gasteiger partial charge in [-0.25, -0.2) is 4.99 Å². The fourth-order valence-electron chi connectivity index (χ4n) is 3.20. The van der Waals surface area contributed by atoms with Gasteiger partial charge >= 0.3 is 0 Å². The molecule has 0 saturated carbocycles. The second-order valence-corrected chi connectivity index (χ2v) is 7.14. The summed E-state index contributed by atoms with van der Waals surface area (Å²) in [6.45, 7) is 18.8. The number of aryl methyl sites for hydroxylation is 2. The zero-order valence-electron chi connectivity index (χ0n) is 17.9. The van der Waals surface area contributed by atoms with Crippen molar-refractivity contribution in [1.82, 2.24) is 20.7 Å². The van der Waals surface area contributed by atoms with Crippen LogP contribution in [0.1, 0.15) is 71.9 Å². The van der Waals surface area contributed by atoms with Crippen molar-refractivity contribution < 1.29 is 4.52 Å². The van der Waals surface area contributed by atoms with Crippen LogP contribution >= 0.6 is 0 Å². The van der Waals surface area contributed by atoms with E-state index in [1.54, 1.807) is 0 Å². The highest BCUT2D eigenvalue weighted by molar-refractivity contribution is 5.79. The Morgan fingerprint density at radius 2 is 1.77 bits per heavy atom. The van der Waals surface area contributed by atoms with Crippen LogP contribution in [-0.2, 0) is 19.4 Å². The van der Waals surface area contributed by atoms with Gasteiger partial charge in [-0.2, -0.15) is 0 Å². The van der Waals surface area contributed by atoms with Crippen LogP contribution in [0.2, 0.25) is 0 Å². The van der Waals surface area contributed by atoms with Crippen LogP contribution in [0.5, 0.6) is 0 Å². The van der Waals surface area contributed by atoms with Gasteiger partial charge in [0.2, 0.25) is 0 Å². The summed E-state index contributed by atoms with van der Waals surface area (Å²) in [6.07, 6.45) is 2.81. The Balaban J connectivity index is 2.60. The number of guanidine groups is 1. The van der Waals surface area contributed by atoms with Crippen LogP contribution in [0.3, 0.4) is 0 Å². The molecule has 0 fully saturated rings. The van der Waals surface area contributed by atoms with Gasteiger partial charge in [0, 0.05) is 43.7 Å². The van der Waals surface area contributed by atoms with Crippen molar-refractivity contribution in [2.75, 3.05) is 19.6 Å². The van der Waals surface area contributed by atoms with Gasteiger partial charge in [-0.3, -0.25) is 4.90 Å². The first-order valence-electron chi connectivity index (χ1n) is 10.2. The second kappa shape index (κ2) is 11.9. The Morgan fingerprint density at radius 3 is 2.31 bits per heavy atom. The van der Waals surface area contributed by atoms with E-state index in [1.165, 1.54) is 0 Å². The molecule has 1 aromatic rings. The molecule has 0 aliphatic heterocycles. The third kappa shape index (κ3) is 6.98. The Morgan fingerprint density at radius 1 is 1.08 bits per heavy atom. The molecule has 1 aromatic heterocycles. The molecule has 0 bridgehead atoms. The minimum atomic E-state index is 0.574. The first-order valence-corrected chi connectivity index (χ1v) is 10.2. The van der Waals surface area contributed by atoms with Crippen molar-refractivity contribution in [3.8, 4) is 0 Å². The predicted octanol–water partition coefficient (Wildman–Crippen LogP) is 3.36. The second-order valence-electron chi connectivity index (χ2n) is 7.14. The Bertz CT molecular complexity index is 507. The first-order chi connectivity index (χ1) is 12.4. The lowest BCUT2D eigenvalue weighted by Gasteiger charge is -2.30. The molecule has 1 heterocycles. The molecular weight excluding hydrogens is 326 g/mol. The van der Waals surface area contributed by atoms with Crippen LogP contribution in [0.25, 0.3) is 0 Å². The van der Waals surface area contributed by atoms with Gasteiger partial charge in [0.1, 0.15) is 5.76 Å². The third-order valence-electron chi connectivity index (χ3n) is 4.56. The molecular formula is C20H39N5O. The van der Waals surface area contributed by atoms with Gasteiger partial charge in [0.25, 0.3) is 0 Å². The maximum atomic E-state index is 5.43. The van der Waals surface area contributed by atoms with Gasteiger partial charge in [-0.15, -0.1) is 0 Å². The van der Waals surface area contributed by atoms with Crippen molar-refractivity contribution in [2.24, 2.45) is 4.99 Å². The molecule has 0 aliphatic carbocycles. The van der Waals surface area contributed by atoms with Gasteiger partial charge < -0.3 is 15.2 Å². The number of hydrogen-bond donors (Lipinski definition) is 2. The molecule has 2 N–H and O–H groups in total. The van der Waals surface area contributed by atoms with Crippen LogP contribution < -0.4 is 10.6 Å². The minimum Gasteiger partial charge on any atom is -0.361 e. The molecule has 26 heavy (non-hydrogen) atoms. The lowest BCUT2D eigenvalue weighted by Crippen LogP contribution is -2.41. The van der Waals surface area contributed by atoms with Gasteiger partial charge in [0.15, 0.2) is 5.96 Å². The van der Waals surface area contributed by atoms with E-state index in [1.807, 2.05) is 0 Å². The number of rotatable bonds is 11. The summed E-state index contributed by atoms with van der Waals surface area (Å²) in [7, 11) is 0. The summed E-state index contributed by atoms with van der Waals surface area (Å²) >= 11 is 0. The molecule has 0 aromatic carbocycles. The molecule has 0 amide bonds. The monoisotopic (exact) mass is 365 g/mol. The highest BCUT2D eigenvalue weighted by Crippen LogP contribution is 2.16. The molecule has 150 valence electrons. The molecule has 0 atom stereocenters. The predicted molar refractivity (Wildman–Crippen MR) is 110 cm³/mol. The quantitative estimate of drug-likeness (QED) is 0.358. The van der Waals surface area contributed by atoms with Crippen molar-refractivity contribution >= 4 is 5.96 Å². The van der Waals surface area contributed by atoms with Crippen molar-refractivity contribution in [2.45, 2.75) is 86.4 Å². The van der Waals surface area contributed by atoms with E-state index < -0.39 is 0 Å². The summed E-state index contributed by atoms with van der Waals surface area (Å²) in [6, 6.07) is 1.15. The Hall–Kier alpha value is -1.56. The van der Waals surface area contributed by atoms with E-state index >= 15 is 0 Å². The van der Waals surface area contributed by atoms with E-state index in [4.69, 9.17) is 9.52 Å². The Kier molecular flexibility index (Phi) is 10.3. The molecule has 0 unspecified atom stereocenters.